The van der Waals surface area contributed by atoms with Crippen LogP contribution in [0.3, 0.4) is 0 Å². The Labute approximate surface area is 186 Å². The fourth-order valence-corrected chi connectivity index (χ4v) is 3.60. The van der Waals surface area contributed by atoms with Crippen molar-refractivity contribution in [2.75, 3.05) is 7.11 Å². The summed E-state index contributed by atoms with van der Waals surface area (Å²) in [6.07, 6.45) is 3.23. The van der Waals surface area contributed by atoms with E-state index in [2.05, 4.69) is 0 Å². The first-order chi connectivity index (χ1) is 15.6. The Morgan fingerprint density at radius 2 is 1.78 bits per heavy atom. The average molecular weight is 429 g/mol. The average Bonchev–Trinajstić information content (AvgIpc) is 3.41. The SMILES string of the molecule is COC(=O)C1=C(C)N(Cc2ccco2)C(=O)/C1=C\c1ccccc1OCc1ccccc1. The van der Waals surface area contributed by atoms with Crippen molar-refractivity contribution in [2.45, 2.75) is 20.1 Å². The van der Waals surface area contributed by atoms with Crippen molar-refractivity contribution in [3.63, 3.8) is 0 Å². The lowest BCUT2D eigenvalue weighted by Gasteiger charge is -2.16. The zero-order chi connectivity index (χ0) is 22.5. The van der Waals surface area contributed by atoms with Crippen molar-refractivity contribution >= 4 is 18.0 Å². The number of amides is 1. The molecule has 0 unspecified atom stereocenters. The molecule has 162 valence electrons. The number of hydrogen-bond donors (Lipinski definition) is 0. The fourth-order valence-electron chi connectivity index (χ4n) is 3.60. The molecule has 0 aliphatic carbocycles. The fraction of sp³-hybridized carbons (Fsp3) is 0.154. The summed E-state index contributed by atoms with van der Waals surface area (Å²) >= 11 is 0. The normalized spacial score (nSPS) is 14.9. The highest BCUT2D eigenvalue weighted by Gasteiger charge is 2.37. The molecule has 6 heteroatoms. The van der Waals surface area contributed by atoms with E-state index in [0.29, 0.717) is 29.4 Å². The molecule has 0 fully saturated rings. The summed E-state index contributed by atoms with van der Waals surface area (Å²) in [6.45, 7) is 2.34. The highest BCUT2D eigenvalue weighted by molar-refractivity contribution is 6.16. The van der Waals surface area contributed by atoms with Gasteiger partial charge in [-0.1, -0.05) is 48.5 Å². The van der Waals surface area contributed by atoms with Gasteiger partial charge in [-0.3, -0.25) is 4.79 Å². The molecule has 0 spiro atoms. The van der Waals surface area contributed by atoms with Crippen molar-refractivity contribution < 1.29 is 23.5 Å². The van der Waals surface area contributed by atoms with Crippen LogP contribution in [0.4, 0.5) is 0 Å². The summed E-state index contributed by atoms with van der Waals surface area (Å²) in [5.41, 5.74) is 2.74. The Bertz CT molecular complexity index is 1180. The summed E-state index contributed by atoms with van der Waals surface area (Å²) in [7, 11) is 1.30. The van der Waals surface area contributed by atoms with Crippen LogP contribution in [-0.2, 0) is 27.5 Å². The quantitative estimate of drug-likeness (QED) is 0.401. The monoisotopic (exact) mass is 429 g/mol. The first kappa shape index (κ1) is 21.2. The van der Waals surface area contributed by atoms with E-state index >= 15 is 0 Å². The molecule has 2 heterocycles. The molecule has 3 aromatic rings. The lowest BCUT2D eigenvalue weighted by Crippen LogP contribution is -2.24. The summed E-state index contributed by atoms with van der Waals surface area (Å²) < 4.78 is 16.4. The maximum Gasteiger partial charge on any atom is 0.340 e. The molecule has 0 saturated carbocycles. The second kappa shape index (κ2) is 9.39. The van der Waals surface area contributed by atoms with E-state index in [-0.39, 0.29) is 23.6 Å². The molecular weight excluding hydrogens is 406 g/mol. The largest absolute Gasteiger partial charge is 0.488 e. The zero-order valence-corrected chi connectivity index (χ0v) is 17.9. The molecule has 2 aromatic carbocycles. The third-order valence-electron chi connectivity index (χ3n) is 5.25. The van der Waals surface area contributed by atoms with Crippen molar-refractivity contribution in [3.05, 3.63) is 107 Å². The van der Waals surface area contributed by atoms with E-state index < -0.39 is 5.97 Å². The van der Waals surface area contributed by atoms with Crippen LogP contribution in [0.1, 0.15) is 23.8 Å². The topological polar surface area (TPSA) is 69.0 Å². The molecule has 0 N–H and O–H groups in total. The predicted molar refractivity (Wildman–Crippen MR) is 119 cm³/mol. The lowest BCUT2D eigenvalue weighted by atomic mass is 10.0. The van der Waals surface area contributed by atoms with E-state index in [4.69, 9.17) is 13.9 Å². The first-order valence-corrected chi connectivity index (χ1v) is 10.2. The minimum Gasteiger partial charge on any atom is -0.488 e. The number of nitrogens with zero attached hydrogens (tertiary/aromatic N) is 1. The number of benzene rings is 2. The van der Waals surface area contributed by atoms with Gasteiger partial charge in [0.2, 0.25) is 0 Å². The summed E-state index contributed by atoms with van der Waals surface area (Å²) in [5, 5.41) is 0. The number of ether oxygens (including phenoxy) is 2. The van der Waals surface area contributed by atoms with Gasteiger partial charge in [-0.2, -0.15) is 0 Å². The summed E-state index contributed by atoms with van der Waals surface area (Å²) in [6, 6.07) is 20.8. The molecule has 1 aromatic heterocycles. The molecule has 0 saturated heterocycles. The predicted octanol–water partition coefficient (Wildman–Crippen LogP) is 4.73. The molecule has 0 atom stereocenters. The molecule has 6 nitrogen and oxygen atoms in total. The third-order valence-corrected chi connectivity index (χ3v) is 5.25. The van der Waals surface area contributed by atoms with Crippen LogP contribution in [0.15, 0.2) is 94.3 Å². The van der Waals surface area contributed by atoms with Crippen molar-refractivity contribution in [2.24, 2.45) is 0 Å². The third kappa shape index (κ3) is 4.34. The first-order valence-electron chi connectivity index (χ1n) is 10.2. The smallest absolute Gasteiger partial charge is 0.340 e. The van der Waals surface area contributed by atoms with Gasteiger partial charge in [0.1, 0.15) is 18.1 Å². The summed E-state index contributed by atoms with van der Waals surface area (Å²) in [5.74, 6) is 0.377. The van der Waals surface area contributed by atoms with Gasteiger partial charge in [-0.25, -0.2) is 4.79 Å². The van der Waals surface area contributed by atoms with Crippen LogP contribution in [0, 0.1) is 0 Å². The van der Waals surface area contributed by atoms with Gasteiger partial charge in [-0.15, -0.1) is 0 Å². The van der Waals surface area contributed by atoms with E-state index in [9.17, 15) is 9.59 Å². The maximum absolute atomic E-state index is 13.3. The van der Waals surface area contributed by atoms with Gasteiger partial charge in [0, 0.05) is 11.3 Å². The number of methoxy groups -OCH3 is 1. The number of hydrogen-bond acceptors (Lipinski definition) is 5. The Morgan fingerprint density at radius 1 is 1.03 bits per heavy atom. The molecule has 0 radical (unpaired) electrons. The highest BCUT2D eigenvalue weighted by Crippen LogP contribution is 2.34. The Kier molecular flexibility index (Phi) is 6.22. The molecule has 0 bridgehead atoms. The van der Waals surface area contributed by atoms with Gasteiger partial charge in [-0.05, 0) is 36.8 Å². The number of carbonyl (C=O) groups is 2. The van der Waals surface area contributed by atoms with E-state index in [1.165, 1.54) is 12.0 Å². The van der Waals surface area contributed by atoms with Crippen LogP contribution in [0.5, 0.6) is 5.75 Å². The number of allylic oxidation sites excluding steroid dienone is 1. The van der Waals surface area contributed by atoms with Crippen LogP contribution >= 0.6 is 0 Å². The molecule has 1 amide bonds. The van der Waals surface area contributed by atoms with Crippen molar-refractivity contribution in [3.8, 4) is 5.75 Å². The Morgan fingerprint density at radius 3 is 2.50 bits per heavy atom. The van der Waals surface area contributed by atoms with E-state index in [0.717, 1.165) is 5.56 Å². The zero-order valence-electron chi connectivity index (χ0n) is 17.9. The van der Waals surface area contributed by atoms with Crippen LogP contribution in [0.25, 0.3) is 6.08 Å². The van der Waals surface area contributed by atoms with E-state index in [1.807, 2.05) is 54.6 Å². The maximum atomic E-state index is 13.3. The second-order valence-corrected chi connectivity index (χ2v) is 7.29. The molecule has 32 heavy (non-hydrogen) atoms. The van der Waals surface area contributed by atoms with E-state index in [1.54, 1.807) is 31.4 Å². The Hall–Kier alpha value is -4.06. The van der Waals surface area contributed by atoms with Crippen LogP contribution in [0.2, 0.25) is 0 Å². The van der Waals surface area contributed by atoms with Gasteiger partial charge in [0.15, 0.2) is 0 Å². The molecule has 4 rings (SSSR count). The standard InChI is InChI=1S/C26H23NO5/c1-18-24(26(29)30-2)22(25(28)27(18)16-21-12-8-14-31-21)15-20-11-6-7-13-23(20)32-17-19-9-4-3-5-10-19/h3-15H,16-17H2,1-2H3/b22-15-. The number of rotatable bonds is 7. The van der Waals surface area contributed by atoms with Crippen LogP contribution < -0.4 is 4.74 Å². The van der Waals surface area contributed by atoms with Crippen molar-refractivity contribution in [1.29, 1.82) is 0 Å². The molecular formula is C26H23NO5. The van der Waals surface area contributed by atoms with Gasteiger partial charge in [0.05, 0.1) is 31.1 Å². The van der Waals surface area contributed by atoms with Crippen LogP contribution in [-0.4, -0.2) is 23.9 Å². The second-order valence-electron chi connectivity index (χ2n) is 7.29. The van der Waals surface area contributed by atoms with Gasteiger partial charge >= 0.3 is 5.97 Å². The minimum absolute atomic E-state index is 0.224. The molecule has 1 aliphatic heterocycles. The Balaban J connectivity index is 1.67. The van der Waals surface area contributed by atoms with Crippen molar-refractivity contribution in [1.82, 2.24) is 4.90 Å². The lowest BCUT2D eigenvalue weighted by molar-refractivity contribution is -0.136. The minimum atomic E-state index is -0.563. The highest BCUT2D eigenvalue weighted by atomic mass is 16.5. The number of furan rings is 1. The number of carbonyl (C=O) groups excluding carboxylic acids is 2. The molecule has 1 aliphatic rings. The summed E-state index contributed by atoms with van der Waals surface area (Å²) in [4.78, 5) is 27.4. The number of para-hydroxylation sites is 1. The van der Waals surface area contributed by atoms with Gasteiger partial charge in [0.25, 0.3) is 5.91 Å². The van der Waals surface area contributed by atoms with Gasteiger partial charge < -0.3 is 18.8 Å². The number of esters is 1.